The van der Waals surface area contributed by atoms with Crippen LogP contribution in [0.2, 0.25) is 0 Å². The summed E-state index contributed by atoms with van der Waals surface area (Å²) in [7, 11) is 0. The molecular formula is C18H25N3O3S. The lowest BCUT2D eigenvalue weighted by Gasteiger charge is -2.35. The van der Waals surface area contributed by atoms with Gasteiger partial charge in [-0.05, 0) is 48.7 Å². The maximum atomic E-state index is 12.3. The van der Waals surface area contributed by atoms with Crippen molar-refractivity contribution in [3.63, 3.8) is 0 Å². The molecule has 1 saturated carbocycles. The second-order valence-corrected chi connectivity index (χ2v) is 7.19. The normalized spacial score (nSPS) is 25.0. The van der Waals surface area contributed by atoms with Crippen LogP contribution in [0.4, 0.5) is 0 Å². The lowest BCUT2D eigenvalue weighted by atomic mass is 9.78. The van der Waals surface area contributed by atoms with E-state index in [9.17, 15) is 4.79 Å². The molecule has 1 aliphatic carbocycles. The smallest absolute Gasteiger partial charge is 0.269 e. The van der Waals surface area contributed by atoms with E-state index < -0.39 is 0 Å². The molecule has 0 spiro atoms. The SMILES string of the molecule is C[C@H]1[C@@H](NC(=S)NNC(=O)c2ccc3c(c2)OCCO3)CCC[C@@H]1C. The maximum absolute atomic E-state index is 12.3. The zero-order valence-corrected chi connectivity index (χ0v) is 15.4. The number of ether oxygens (including phenoxy) is 2. The van der Waals surface area contributed by atoms with Crippen LogP contribution in [0.1, 0.15) is 43.5 Å². The highest BCUT2D eigenvalue weighted by atomic mass is 32.1. The molecule has 6 nitrogen and oxygen atoms in total. The third-order valence-corrected chi connectivity index (χ3v) is 5.34. The highest BCUT2D eigenvalue weighted by molar-refractivity contribution is 7.80. The van der Waals surface area contributed by atoms with Crippen LogP contribution in [0.15, 0.2) is 18.2 Å². The van der Waals surface area contributed by atoms with Gasteiger partial charge in [0, 0.05) is 11.6 Å². The molecule has 1 aromatic rings. The van der Waals surface area contributed by atoms with Gasteiger partial charge in [0.05, 0.1) is 0 Å². The number of nitrogens with one attached hydrogen (secondary N) is 3. The van der Waals surface area contributed by atoms with Gasteiger partial charge in [-0.3, -0.25) is 15.6 Å². The van der Waals surface area contributed by atoms with Crippen molar-refractivity contribution in [3.05, 3.63) is 23.8 Å². The van der Waals surface area contributed by atoms with Crippen LogP contribution in [0, 0.1) is 11.8 Å². The molecule has 25 heavy (non-hydrogen) atoms. The Labute approximate surface area is 153 Å². The number of benzene rings is 1. The average Bonchev–Trinajstić information content (AvgIpc) is 2.63. The number of fused-ring (bicyclic) bond motifs is 1. The molecule has 0 radical (unpaired) electrons. The molecule has 3 atom stereocenters. The van der Waals surface area contributed by atoms with Crippen molar-refractivity contribution < 1.29 is 14.3 Å². The van der Waals surface area contributed by atoms with E-state index in [-0.39, 0.29) is 5.91 Å². The van der Waals surface area contributed by atoms with E-state index in [2.05, 4.69) is 30.0 Å². The Morgan fingerprint density at radius 1 is 1.12 bits per heavy atom. The summed E-state index contributed by atoms with van der Waals surface area (Å²) >= 11 is 5.31. The first-order valence-electron chi connectivity index (χ1n) is 8.81. The quantitative estimate of drug-likeness (QED) is 0.554. The second-order valence-electron chi connectivity index (χ2n) is 6.78. The van der Waals surface area contributed by atoms with Gasteiger partial charge in [0.15, 0.2) is 16.6 Å². The molecule has 2 aliphatic rings. The summed E-state index contributed by atoms with van der Waals surface area (Å²) in [6.07, 6.45) is 3.57. The van der Waals surface area contributed by atoms with Gasteiger partial charge in [-0.2, -0.15) is 0 Å². The van der Waals surface area contributed by atoms with Crippen LogP contribution in [-0.4, -0.2) is 30.3 Å². The van der Waals surface area contributed by atoms with Crippen LogP contribution in [-0.2, 0) is 0 Å². The van der Waals surface area contributed by atoms with Crippen LogP contribution < -0.4 is 25.6 Å². The summed E-state index contributed by atoms with van der Waals surface area (Å²) < 4.78 is 11.0. The van der Waals surface area contributed by atoms with Gasteiger partial charge in [0.25, 0.3) is 5.91 Å². The molecule has 7 heteroatoms. The highest BCUT2D eigenvalue weighted by Crippen LogP contribution is 2.31. The molecule has 1 aromatic carbocycles. The number of rotatable bonds is 2. The predicted molar refractivity (Wildman–Crippen MR) is 99.7 cm³/mol. The van der Waals surface area contributed by atoms with Gasteiger partial charge in [-0.15, -0.1) is 0 Å². The topological polar surface area (TPSA) is 71.6 Å². The first kappa shape index (κ1) is 17.8. The van der Waals surface area contributed by atoms with Crippen molar-refractivity contribution in [1.82, 2.24) is 16.2 Å². The maximum Gasteiger partial charge on any atom is 0.269 e. The van der Waals surface area contributed by atoms with E-state index in [0.29, 0.717) is 53.3 Å². The van der Waals surface area contributed by atoms with E-state index in [1.54, 1.807) is 18.2 Å². The molecule has 3 rings (SSSR count). The first-order valence-corrected chi connectivity index (χ1v) is 9.22. The fraction of sp³-hybridized carbons (Fsp3) is 0.556. The van der Waals surface area contributed by atoms with E-state index in [0.717, 1.165) is 6.42 Å². The fourth-order valence-electron chi connectivity index (χ4n) is 3.36. The minimum absolute atomic E-state index is 0.272. The molecule has 3 N–H and O–H groups in total. The summed E-state index contributed by atoms with van der Waals surface area (Å²) in [5.41, 5.74) is 5.91. The zero-order valence-electron chi connectivity index (χ0n) is 14.6. The Hall–Kier alpha value is -2.02. The Kier molecular flexibility index (Phi) is 5.63. The van der Waals surface area contributed by atoms with Crippen LogP contribution in [0.5, 0.6) is 11.5 Å². The lowest BCUT2D eigenvalue weighted by Crippen LogP contribution is -2.52. The van der Waals surface area contributed by atoms with Gasteiger partial charge < -0.3 is 14.8 Å². The van der Waals surface area contributed by atoms with Crippen molar-refractivity contribution >= 4 is 23.2 Å². The van der Waals surface area contributed by atoms with Crippen molar-refractivity contribution in [2.24, 2.45) is 11.8 Å². The number of hydrogen-bond acceptors (Lipinski definition) is 4. The van der Waals surface area contributed by atoms with Crippen molar-refractivity contribution in [3.8, 4) is 11.5 Å². The Balaban J connectivity index is 1.51. The predicted octanol–water partition coefficient (Wildman–Crippen LogP) is 2.39. The summed E-state index contributed by atoms with van der Waals surface area (Å²) in [6.45, 7) is 5.54. The summed E-state index contributed by atoms with van der Waals surface area (Å²) in [5, 5.41) is 3.76. The standard InChI is InChI=1S/C18H25N3O3S/c1-11-4-3-5-14(12(11)2)19-18(25)21-20-17(22)13-6-7-15-16(10-13)24-9-8-23-15/h6-7,10-12,14H,3-5,8-9H2,1-2H3,(H,20,22)(H2,19,21,25)/t11-,12+,14-/m0/s1. The molecule has 1 fully saturated rings. The van der Waals surface area contributed by atoms with E-state index in [1.165, 1.54) is 12.8 Å². The Morgan fingerprint density at radius 3 is 2.68 bits per heavy atom. The third kappa shape index (κ3) is 4.34. The highest BCUT2D eigenvalue weighted by Gasteiger charge is 2.27. The summed E-state index contributed by atoms with van der Waals surface area (Å²) in [5.74, 6) is 2.22. The Morgan fingerprint density at radius 2 is 1.88 bits per heavy atom. The first-order chi connectivity index (χ1) is 12.0. The minimum Gasteiger partial charge on any atom is -0.486 e. The number of carbonyl (C=O) groups is 1. The molecule has 136 valence electrons. The van der Waals surface area contributed by atoms with E-state index in [1.807, 2.05) is 0 Å². The van der Waals surface area contributed by atoms with Crippen LogP contribution >= 0.6 is 12.2 Å². The van der Waals surface area contributed by atoms with Crippen molar-refractivity contribution in [2.75, 3.05) is 13.2 Å². The van der Waals surface area contributed by atoms with Gasteiger partial charge in [-0.1, -0.05) is 26.7 Å². The van der Waals surface area contributed by atoms with Crippen molar-refractivity contribution in [2.45, 2.75) is 39.2 Å². The molecule has 1 aliphatic heterocycles. The van der Waals surface area contributed by atoms with E-state index >= 15 is 0 Å². The molecule has 0 aromatic heterocycles. The van der Waals surface area contributed by atoms with Gasteiger partial charge in [0.2, 0.25) is 0 Å². The molecule has 1 heterocycles. The number of amides is 1. The molecule has 0 bridgehead atoms. The fourth-order valence-corrected chi connectivity index (χ4v) is 3.56. The monoisotopic (exact) mass is 363 g/mol. The van der Waals surface area contributed by atoms with Crippen molar-refractivity contribution in [1.29, 1.82) is 0 Å². The van der Waals surface area contributed by atoms with Gasteiger partial charge >= 0.3 is 0 Å². The summed E-state index contributed by atoms with van der Waals surface area (Å²) in [4.78, 5) is 12.3. The number of hydrogen-bond donors (Lipinski definition) is 3. The largest absolute Gasteiger partial charge is 0.486 e. The van der Waals surface area contributed by atoms with Crippen LogP contribution in [0.3, 0.4) is 0 Å². The number of carbonyl (C=O) groups excluding carboxylic acids is 1. The zero-order chi connectivity index (χ0) is 17.8. The minimum atomic E-state index is -0.272. The van der Waals surface area contributed by atoms with Crippen LogP contribution in [0.25, 0.3) is 0 Å². The average molecular weight is 363 g/mol. The molecule has 1 amide bonds. The molecular weight excluding hydrogens is 338 g/mol. The lowest BCUT2D eigenvalue weighted by molar-refractivity contribution is 0.0942. The summed E-state index contributed by atoms with van der Waals surface area (Å²) in [6, 6.07) is 5.46. The number of hydrazine groups is 1. The third-order valence-electron chi connectivity index (χ3n) is 5.12. The molecule has 0 unspecified atom stereocenters. The second kappa shape index (κ2) is 7.91. The van der Waals surface area contributed by atoms with Gasteiger partial charge in [-0.25, -0.2) is 0 Å². The molecule has 0 saturated heterocycles. The van der Waals surface area contributed by atoms with Gasteiger partial charge in [0.1, 0.15) is 13.2 Å². The number of thiocarbonyl (C=S) groups is 1. The Bertz CT molecular complexity index is 652. The van der Waals surface area contributed by atoms with E-state index in [4.69, 9.17) is 21.7 Å².